The zero-order chi connectivity index (χ0) is 17.5. The molecular formula is C19H19FO4. The molecule has 0 saturated heterocycles. The molecule has 0 aliphatic heterocycles. The largest absolute Gasteiger partial charge is 0.507 e. The van der Waals surface area contributed by atoms with Crippen molar-refractivity contribution in [2.45, 2.75) is 13.8 Å². The van der Waals surface area contributed by atoms with E-state index in [4.69, 9.17) is 9.47 Å². The summed E-state index contributed by atoms with van der Waals surface area (Å²) in [5.74, 6) is -0.163. The van der Waals surface area contributed by atoms with Gasteiger partial charge < -0.3 is 14.6 Å². The summed E-state index contributed by atoms with van der Waals surface area (Å²) >= 11 is 0. The van der Waals surface area contributed by atoms with E-state index < -0.39 is 11.6 Å². The molecule has 2 aromatic carbocycles. The number of rotatable bonds is 7. The Morgan fingerprint density at radius 1 is 1.08 bits per heavy atom. The molecule has 0 fully saturated rings. The number of phenolic OH excluding ortho intramolecular Hbond substituents is 1. The fraction of sp³-hybridized carbons (Fsp3) is 0.211. The van der Waals surface area contributed by atoms with Crippen molar-refractivity contribution < 1.29 is 23.8 Å². The smallest absolute Gasteiger partial charge is 0.189 e. The van der Waals surface area contributed by atoms with Crippen molar-refractivity contribution in [1.29, 1.82) is 0 Å². The molecule has 5 heteroatoms. The highest BCUT2D eigenvalue weighted by Gasteiger charge is 2.09. The quantitative estimate of drug-likeness (QED) is 0.610. The van der Waals surface area contributed by atoms with Crippen LogP contribution in [0.5, 0.6) is 17.2 Å². The highest BCUT2D eigenvalue weighted by atomic mass is 19.1. The Bertz CT molecular complexity index is 753. The standard InChI is InChI=1S/C19H19FO4/c1-3-23-18-10-6-13(11-19(18)24-4-2)5-9-16(21)15-8-7-14(20)12-17(15)22/h5-12,22H,3-4H2,1-2H3/b9-5+. The molecule has 0 aromatic heterocycles. The predicted octanol–water partition coefficient (Wildman–Crippen LogP) is 4.22. The Morgan fingerprint density at radius 3 is 2.46 bits per heavy atom. The Labute approximate surface area is 140 Å². The van der Waals surface area contributed by atoms with Gasteiger partial charge in [0, 0.05) is 6.07 Å². The molecule has 0 atom stereocenters. The molecule has 24 heavy (non-hydrogen) atoms. The molecule has 0 aliphatic rings. The van der Waals surface area contributed by atoms with Gasteiger partial charge in [-0.05, 0) is 49.8 Å². The Balaban J connectivity index is 2.21. The number of hydrogen-bond acceptors (Lipinski definition) is 4. The molecule has 0 heterocycles. The number of allylic oxidation sites excluding steroid dienone is 1. The van der Waals surface area contributed by atoms with E-state index in [2.05, 4.69) is 0 Å². The summed E-state index contributed by atoms with van der Waals surface area (Å²) < 4.78 is 24.0. The monoisotopic (exact) mass is 330 g/mol. The number of carbonyl (C=O) groups is 1. The molecule has 0 spiro atoms. The first kappa shape index (κ1) is 17.5. The van der Waals surface area contributed by atoms with Crippen LogP contribution in [0.1, 0.15) is 29.8 Å². The Morgan fingerprint density at radius 2 is 1.79 bits per heavy atom. The van der Waals surface area contributed by atoms with Crippen molar-refractivity contribution >= 4 is 11.9 Å². The van der Waals surface area contributed by atoms with Crippen LogP contribution in [0, 0.1) is 5.82 Å². The Kier molecular flexibility index (Phi) is 5.95. The molecule has 0 unspecified atom stereocenters. The SMILES string of the molecule is CCOc1ccc(/C=C/C(=O)c2ccc(F)cc2O)cc1OCC. The maximum absolute atomic E-state index is 13.0. The van der Waals surface area contributed by atoms with E-state index >= 15 is 0 Å². The number of carbonyl (C=O) groups excluding carboxylic acids is 1. The summed E-state index contributed by atoms with van der Waals surface area (Å²) in [6.07, 6.45) is 2.92. The van der Waals surface area contributed by atoms with Gasteiger partial charge in [-0.1, -0.05) is 12.1 Å². The Hall–Kier alpha value is -2.82. The third-order valence-corrected chi connectivity index (χ3v) is 3.22. The highest BCUT2D eigenvalue weighted by Crippen LogP contribution is 2.29. The summed E-state index contributed by atoms with van der Waals surface area (Å²) in [7, 11) is 0. The van der Waals surface area contributed by atoms with Gasteiger partial charge in [0.25, 0.3) is 0 Å². The third kappa shape index (κ3) is 4.35. The minimum absolute atomic E-state index is 0.0450. The van der Waals surface area contributed by atoms with Gasteiger partial charge in [0.05, 0.1) is 18.8 Å². The van der Waals surface area contributed by atoms with Crippen LogP contribution in [0.2, 0.25) is 0 Å². The summed E-state index contributed by atoms with van der Waals surface area (Å²) in [5, 5.41) is 9.64. The van der Waals surface area contributed by atoms with Gasteiger partial charge in [0.2, 0.25) is 0 Å². The van der Waals surface area contributed by atoms with Gasteiger partial charge in [-0.3, -0.25) is 4.79 Å². The topological polar surface area (TPSA) is 55.8 Å². The van der Waals surface area contributed by atoms with E-state index in [1.165, 1.54) is 12.1 Å². The summed E-state index contributed by atoms with van der Waals surface area (Å²) in [4.78, 5) is 12.1. The molecule has 2 rings (SSSR count). The van der Waals surface area contributed by atoms with Crippen LogP contribution < -0.4 is 9.47 Å². The lowest BCUT2D eigenvalue weighted by Gasteiger charge is -2.11. The van der Waals surface area contributed by atoms with E-state index in [0.717, 1.165) is 17.7 Å². The van der Waals surface area contributed by atoms with Crippen LogP contribution in [-0.2, 0) is 0 Å². The number of ketones is 1. The molecule has 1 N–H and O–H groups in total. The van der Waals surface area contributed by atoms with E-state index in [9.17, 15) is 14.3 Å². The minimum Gasteiger partial charge on any atom is -0.507 e. The molecule has 4 nitrogen and oxygen atoms in total. The first-order valence-electron chi connectivity index (χ1n) is 7.65. The summed E-state index contributed by atoms with van der Waals surface area (Å²) in [6, 6.07) is 8.62. The van der Waals surface area contributed by atoms with Crippen molar-refractivity contribution in [3.05, 3.63) is 59.4 Å². The molecule has 0 amide bonds. The predicted molar refractivity (Wildman–Crippen MR) is 90.2 cm³/mol. The second kappa shape index (κ2) is 8.15. The summed E-state index contributed by atoms with van der Waals surface area (Å²) in [6.45, 7) is 4.78. The van der Waals surface area contributed by atoms with Gasteiger partial charge in [-0.15, -0.1) is 0 Å². The first-order valence-corrected chi connectivity index (χ1v) is 7.65. The number of hydrogen-bond donors (Lipinski definition) is 1. The minimum atomic E-state index is -0.596. The average molecular weight is 330 g/mol. The number of halogens is 1. The number of ether oxygens (including phenoxy) is 2. The average Bonchev–Trinajstić information content (AvgIpc) is 2.55. The van der Waals surface area contributed by atoms with Crippen LogP contribution in [-0.4, -0.2) is 24.1 Å². The first-order chi connectivity index (χ1) is 11.5. The molecule has 2 aromatic rings. The molecule has 0 radical (unpaired) electrons. The van der Waals surface area contributed by atoms with Crippen molar-refractivity contribution in [2.24, 2.45) is 0 Å². The van der Waals surface area contributed by atoms with Crippen LogP contribution in [0.3, 0.4) is 0 Å². The van der Waals surface area contributed by atoms with Gasteiger partial charge in [0.1, 0.15) is 11.6 Å². The maximum atomic E-state index is 13.0. The zero-order valence-electron chi connectivity index (χ0n) is 13.6. The molecule has 0 bridgehead atoms. The normalized spacial score (nSPS) is 10.8. The molecule has 0 saturated carbocycles. The lowest BCUT2D eigenvalue weighted by Crippen LogP contribution is -1.98. The lowest BCUT2D eigenvalue weighted by molar-refractivity contribution is 0.104. The molecule has 126 valence electrons. The van der Waals surface area contributed by atoms with E-state index in [-0.39, 0.29) is 11.3 Å². The second-order valence-electron chi connectivity index (χ2n) is 4.93. The molecular weight excluding hydrogens is 311 g/mol. The van der Waals surface area contributed by atoms with Crippen molar-refractivity contribution in [3.8, 4) is 17.2 Å². The maximum Gasteiger partial charge on any atom is 0.189 e. The van der Waals surface area contributed by atoms with Crippen molar-refractivity contribution in [2.75, 3.05) is 13.2 Å². The van der Waals surface area contributed by atoms with Crippen LogP contribution >= 0.6 is 0 Å². The number of aromatic hydroxyl groups is 1. The van der Waals surface area contributed by atoms with Gasteiger partial charge in [-0.25, -0.2) is 4.39 Å². The van der Waals surface area contributed by atoms with Crippen LogP contribution in [0.15, 0.2) is 42.5 Å². The van der Waals surface area contributed by atoms with Crippen molar-refractivity contribution in [1.82, 2.24) is 0 Å². The molecule has 0 aliphatic carbocycles. The van der Waals surface area contributed by atoms with E-state index in [0.29, 0.717) is 24.7 Å². The van der Waals surface area contributed by atoms with Gasteiger partial charge in [0.15, 0.2) is 17.3 Å². The van der Waals surface area contributed by atoms with Gasteiger partial charge in [-0.2, -0.15) is 0 Å². The third-order valence-electron chi connectivity index (χ3n) is 3.22. The van der Waals surface area contributed by atoms with E-state index in [1.54, 1.807) is 24.3 Å². The van der Waals surface area contributed by atoms with Crippen LogP contribution in [0.4, 0.5) is 4.39 Å². The highest BCUT2D eigenvalue weighted by molar-refractivity contribution is 6.08. The number of phenols is 1. The zero-order valence-corrected chi connectivity index (χ0v) is 13.6. The second-order valence-corrected chi connectivity index (χ2v) is 4.93. The van der Waals surface area contributed by atoms with Crippen molar-refractivity contribution in [3.63, 3.8) is 0 Å². The van der Waals surface area contributed by atoms with Gasteiger partial charge >= 0.3 is 0 Å². The van der Waals surface area contributed by atoms with Crippen LogP contribution in [0.25, 0.3) is 6.08 Å². The summed E-state index contributed by atoms with van der Waals surface area (Å²) in [5.41, 5.74) is 0.792. The fourth-order valence-electron chi connectivity index (χ4n) is 2.15. The van der Waals surface area contributed by atoms with E-state index in [1.807, 2.05) is 13.8 Å². The number of benzene rings is 2. The lowest BCUT2D eigenvalue weighted by atomic mass is 10.1. The fourth-order valence-corrected chi connectivity index (χ4v) is 2.15.